The Bertz CT molecular complexity index is 352. The fourth-order valence-corrected chi connectivity index (χ4v) is 2.25. The van der Waals surface area contributed by atoms with E-state index in [9.17, 15) is 5.11 Å². The molecule has 1 N–H and O–H groups in total. The second-order valence-corrected chi connectivity index (χ2v) is 5.39. The fraction of sp³-hybridized carbons (Fsp3) is 0.500. The summed E-state index contributed by atoms with van der Waals surface area (Å²) in [6.45, 7) is 2.10. The van der Waals surface area contributed by atoms with E-state index < -0.39 is 0 Å². The van der Waals surface area contributed by atoms with Gasteiger partial charge in [0.2, 0.25) is 0 Å². The molecule has 0 amide bonds. The molecule has 1 saturated carbocycles. The average Bonchev–Trinajstić information content (AvgIpc) is 2.91. The van der Waals surface area contributed by atoms with E-state index >= 15 is 0 Å². The molecule has 0 radical (unpaired) electrons. The molecular weight excluding hydrogens is 231 g/mol. The highest BCUT2D eigenvalue weighted by Gasteiger charge is 2.44. The monoisotopic (exact) mass is 244 g/mol. The van der Waals surface area contributed by atoms with Crippen molar-refractivity contribution in [2.24, 2.45) is 5.41 Å². The van der Waals surface area contributed by atoms with Crippen LogP contribution in [-0.4, -0.2) is 11.2 Å². The lowest BCUT2D eigenvalue weighted by Gasteiger charge is -2.18. The summed E-state index contributed by atoms with van der Waals surface area (Å²) >= 11 is 12.1. The average molecular weight is 245 g/mol. The van der Waals surface area contributed by atoms with Crippen molar-refractivity contribution in [2.75, 3.05) is 0 Å². The van der Waals surface area contributed by atoms with Gasteiger partial charge < -0.3 is 5.11 Å². The van der Waals surface area contributed by atoms with E-state index in [4.69, 9.17) is 23.2 Å². The first kappa shape index (κ1) is 11.3. The second-order valence-electron chi connectivity index (χ2n) is 4.57. The van der Waals surface area contributed by atoms with E-state index in [1.165, 1.54) is 0 Å². The first-order valence-electron chi connectivity index (χ1n) is 5.14. The second kappa shape index (κ2) is 3.97. The molecule has 1 aromatic carbocycles. The lowest BCUT2D eigenvalue weighted by atomic mass is 9.95. The molecule has 1 fully saturated rings. The Morgan fingerprint density at radius 2 is 1.87 bits per heavy atom. The Hall–Kier alpha value is -0.240. The van der Waals surface area contributed by atoms with Gasteiger partial charge in [-0.25, -0.2) is 0 Å². The summed E-state index contributed by atoms with van der Waals surface area (Å²) in [7, 11) is 0. The Morgan fingerprint density at radius 3 is 2.33 bits per heavy atom. The van der Waals surface area contributed by atoms with Gasteiger partial charge in [0.25, 0.3) is 0 Å². The molecule has 1 aromatic rings. The van der Waals surface area contributed by atoms with Gasteiger partial charge in [-0.05, 0) is 36.0 Å². The lowest BCUT2D eigenvalue weighted by Crippen LogP contribution is -2.21. The summed E-state index contributed by atoms with van der Waals surface area (Å²) in [6, 6.07) is 5.44. The van der Waals surface area contributed by atoms with E-state index in [0.717, 1.165) is 18.4 Å². The molecule has 0 aromatic heterocycles. The van der Waals surface area contributed by atoms with Crippen molar-refractivity contribution >= 4 is 23.2 Å². The SMILES string of the molecule is CC1(C(O)Cc2c(Cl)cccc2Cl)CC1. The van der Waals surface area contributed by atoms with Gasteiger partial charge in [-0.1, -0.05) is 36.2 Å². The Kier molecular flexibility index (Phi) is 2.98. The maximum absolute atomic E-state index is 10.0. The molecule has 0 spiro atoms. The Labute approximate surface area is 100 Å². The van der Waals surface area contributed by atoms with Crippen molar-refractivity contribution in [3.8, 4) is 0 Å². The molecule has 0 aliphatic heterocycles. The van der Waals surface area contributed by atoms with E-state index in [2.05, 4.69) is 6.92 Å². The van der Waals surface area contributed by atoms with Gasteiger partial charge in [0, 0.05) is 16.5 Å². The fourth-order valence-electron chi connectivity index (χ4n) is 1.70. The minimum Gasteiger partial charge on any atom is -0.392 e. The smallest absolute Gasteiger partial charge is 0.0635 e. The zero-order chi connectivity index (χ0) is 11.1. The normalized spacial score (nSPS) is 20.0. The highest BCUT2D eigenvalue weighted by atomic mass is 35.5. The summed E-state index contributed by atoms with van der Waals surface area (Å²) < 4.78 is 0. The van der Waals surface area contributed by atoms with Crippen LogP contribution in [0.3, 0.4) is 0 Å². The van der Waals surface area contributed by atoms with E-state index in [1.807, 2.05) is 18.2 Å². The molecule has 3 heteroatoms. The van der Waals surface area contributed by atoms with Crippen LogP contribution in [0.4, 0.5) is 0 Å². The predicted octanol–water partition coefficient (Wildman–Crippen LogP) is 3.70. The highest BCUT2D eigenvalue weighted by molar-refractivity contribution is 6.35. The van der Waals surface area contributed by atoms with Crippen molar-refractivity contribution in [2.45, 2.75) is 32.3 Å². The summed E-state index contributed by atoms with van der Waals surface area (Å²) in [4.78, 5) is 0. The third-order valence-electron chi connectivity index (χ3n) is 3.30. The number of rotatable bonds is 3. The summed E-state index contributed by atoms with van der Waals surface area (Å²) in [5, 5.41) is 11.3. The van der Waals surface area contributed by atoms with Crippen LogP contribution in [-0.2, 0) is 6.42 Å². The van der Waals surface area contributed by atoms with Crippen molar-refractivity contribution in [3.63, 3.8) is 0 Å². The van der Waals surface area contributed by atoms with Crippen LogP contribution >= 0.6 is 23.2 Å². The first-order chi connectivity index (χ1) is 7.03. The van der Waals surface area contributed by atoms with Crippen LogP contribution in [0.1, 0.15) is 25.3 Å². The standard InChI is InChI=1S/C12H14Cl2O/c1-12(5-6-12)11(15)7-8-9(13)3-2-4-10(8)14/h2-4,11,15H,5-7H2,1H3. The van der Waals surface area contributed by atoms with Gasteiger partial charge in [0.05, 0.1) is 6.10 Å². The van der Waals surface area contributed by atoms with Crippen LogP contribution in [0.5, 0.6) is 0 Å². The van der Waals surface area contributed by atoms with Crippen LogP contribution < -0.4 is 0 Å². The van der Waals surface area contributed by atoms with Gasteiger partial charge in [0.1, 0.15) is 0 Å². The number of benzene rings is 1. The van der Waals surface area contributed by atoms with Crippen LogP contribution in [0.2, 0.25) is 10.0 Å². The number of halogens is 2. The Balaban J connectivity index is 2.16. The minimum absolute atomic E-state index is 0.0858. The number of aliphatic hydroxyl groups excluding tert-OH is 1. The molecular formula is C12H14Cl2O. The molecule has 2 rings (SSSR count). The van der Waals surface area contributed by atoms with Crippen molar-refractivity contribution < 1.29 is 5.11 Å². The van der Waals surface area contributed by atoms with E-state index in [0.29, 0.717) is 16.5 Å². The topological polar surface area (TPSA) is 20.2 Å². The summed E-state index contributed by atoms with van der Waals surface area (Å²) in [5.74, 6) is 0. The quantitative estimate of drug-likeness (QED) is 0.860. The maximum atomic E-state index is 10.0. The highest BCUT2D eigenvalue weighted by Crippen LogP contribution is 2.49. The number of hydrogen-bond acceptors (Lipinski definition) is 1. The zero-order valence-corrected chi connectivity index (χ0v) is 10.1. The number of hydrogen-bond donors (Lipinski definition) is 1. The first-order valence-corrected chi connectivity index (χ1v) is 5.89. The molecule has 0 saturated heterocycles. The molecule has 1 aliphatic carbocycles. The molecule has 1 unspecified atom stereocenters. The molecule has 15 heavy (non-hydrogen) atoms. The van der Waals surface area contributed by atoms with Gasteiger partial charge in [-0.15, -0.1) is 0 Å². The molecule has 82 valence electrons. The van der Waals surface area contributed by atoms with Crippen LogP contribution in [0, 0.1) is 5.41 Å². The van der Waals surface area contributed by atoms with Gasteiger partial charge in [-0.3, -0.25) is 0 Å². The molecule has 1 atom stereocenters. The predicted molar refractivity (Wildman–Crippen MR) is 63.5 cm³/mol. The van der Waals surface area contributed by atoms with Crippen molar-refractivity contribution in [1.82, 2.24) is 0 Å². The number of aliphatic hydroxyl groups is 1. The van der Waals surface area contributed by atoms with E-state index in [1.54, 1.807) is 0 Å². The van der Waals surface area contributed by atoms with Crippen LogP contribution in [0.25, 0.3) is 0 Å². The van der Waals surface area contributed by atoms with E-state index in [-0.39, 0.29) is 11.5 Å². The summed E-state index contributed by atoms with van der Waals surface area (Å²) in [6.07, 6.45) is 2.40. The molecule has 1 aliphatic rings. The van der Waals surface area contributed by atoms with Crippen LogP contribution in [0.15, 0.2) is 18.2 Å². The molecule has 0 bridgehead atoms. The van der Waals surface area contributed by atoms with Gasteiger partial charge in [-0.2, -0.15) is 0 Å². The maximum Gasteiger partial charge on any atom is 0.0635 e. The zero-order valence-electron chi connectivity index (χ0n) is 8.63. The molecule has 1 nitrogen and oxygen atoms in total. The Morgan fingerprint density at radius 1 is 1.33 bits per heavy atom. The van der Waals surface area contributed by atoms with Crippen molar-refractivity contribution in [1.29, 1.82) is 0 Å². The third-order valence-corrected chi connectivity index (χ3v) is 4.01. The third kappa shape index (κ3) is 2.30. The lowest BCUT2D eigenvalue weighted by molar-refractivity contribution is 0.103. The largest absolute Gasteiger partial charge is 0.392 e. The minimum atomic E-state index is -0.338. The molecule has 0 heterocycles. The summed E-state index contributed by atoms with van der Waals surface area (Å²) in [5.41, 5.74) is 0.948. The van der Waals surface area contributed by atoms with Gasteiger partial charge in [0.15, 0.2) is 0 Å². The van der Waals surface area contributed by atoms with Crippen molar-refractivity contribution in [3.05, 3.63) is 33.8 Å². The van der Waals surface area contributed by atoms with Gasteiger partial charge >= 0.3 is 0 Å².